The molecule has 0 heterocycles. The van der Waals surface area contributed by atoms with E-state index < -0.39 is 15.9 Å². The van der Waals surface area contributed by atoms with Gasteiger partial charge in [0.25, 0.3) is 5.91 Å². The molecule has 0 saturated heterocycles. The molecular weight excluding hydrogens is 436 g/mol. The van der Waals surface area contributed by atoms with Crippen molar-refractivity contribution >= 4 is 15.9 Å². The number of benzene rings is 2. The second-order valence-electron chi connectivity index (χ2n) is 6.66. The number of nitrogens with zero attached hydrogens (tertiary/aromatic N) is 1. The summed E-state index contributed by atoms with van der Waals surface area (Å²) in [6, 6.07) is 7.70. The van der Waals surface area contributed by atoms with E-state index in [-0.39, 0.29) is 22.8 Å². The summed E-state index contributed by atoms with van der Waals surface area (Å²) in [6.07, 6.45) is 0. The van der Waals surface area contributed by atoms with Crippen molar-refractivity contribution in [3.05, 3.63) is 41.5 Å². The van der Waals surface area contributed by atoms with Crippen LogP contribution in [0.3, 0.4) is 0 Å². The van der Waals surface area contributed by atoms with Gasteiger partial charge in [0.15, 0.2) is 11.5 Å². The van der Waals surface area contributed by atoms with Crippen LogP contribution in [0.25, 0.3) is 0 Å². The molecule has 2 aromatic carbocycles. The lowest BCUT2D eigenvalue weighted by Gasteiger charge is -2.20. The molecule has 0 aliphatic carbocycles. The second-order valence-corrected chi connectivity index (χ2v) is 8.56. The van der Waals surface area contributed by atoms with Crippen molar-refractivity contribution in [2.45, 2.75) is 25.3 Å². The molecule has 0 aromatic heterocycles. The van der Waals surface area contributed by atoms with Crippen LogP contribution in [0.5, 0.6) is 23.0 Å². The lowest BCUT2D eigenvalue weighted by atomic mass is 10.1. The molecule has 176 valence electrons. The highest BCUT2D eigenvalue weighted by Gasteiger charge is 2.27. The summed E-state index contributed by atoms with van der Waals surface area (Å²) in [7, 11) is 2.12. The van der Waals surface area contributed by atoms with E-state index in [1.165, 1.54) is 50.9 Å². The quantitative estimate of drug-likeness (QED) is 0.543. The number of methoxy groups -OCH3 is 4. The first-order valence-corrected chi connectivity index (χ1v) is 11.5. The molecule has 0 atom stereocenters. The van der Waals surface area contributed by atoms with Crippen LogP contribution in [0, 0.1) is 0 Å². The molecule has 2 rings (SSSR count). The standard InChI is InChI=1S/C22H30N2O7S/c1-7-24(8-2)32(26,27)21-12-15(9-10-17(21)28-3)22(25)23-14-16-11-19(30-5)20(31-6)13-18(16)29-4/h9-13H,7-8,14H2,1-6H3,(H,23,25). The number of rotatable bonds is 11. The average Bonchev–Trinajstić information content (AvgIpc) is 2.81. The first kappa shape index (κ1) is 25.3. The fourth-order valence-corrected chi connectivity index (χ4v) is 4.87. The maximum atomic E-state index is 13.0. The van der Waals surface area contributed by atoms with Crippen LogP contribution in [0.15, 0.2) is 35.2 Å². The fraction of sp³-hybridized carbons (Fsp3) is 0.409. The Hall–Kier alpha value is -2.98. The average molecular weight is 467 g/mol. The van der Waals surface area contributed by atoms with Crippen molar-refractivity contribution in [3.8, 4) is 23.0 Å². The number of hydrogen-bond acceptors (Lipinski definition) is 7. The number of carbonyl (C=O) groups excluding carboxylic acids is 1. The number of carbonyl (C=O) groups is 1. The van der Waals surface area contributed by atoms with Crippen LogP contribution in [0.2, 0.25) is 0 Å². The van der Waals surface area contributed by atoms with Crippen LogP contribution in [-0.4, -0.2) is 60.2 Å². The maximum Gasteiger partial charge on any atom is 0.251 e. The monoisotopic (exact) mass is 466 g/mol. The molecule has 0 unspecified atom stereocenters. The SMILES string of the molecule is CCN(CC)S(=O)(=O)c1cc(C(=O)NCc2cc(OC)c(OC)cc2OC)ccc1OC. The van der Waals surface area contributed by atoms with Gasteiger partial charge in [-0.2, -0.15) is 4.31 Å². The molecular formula is C22H30N2O7S. The molecule has 9 nitrogen and oxygen atoms in total. The lowest BCUT2D eigenvalue weighted by molar-refractivity contribution is 0.0950. The van der Waals surface area contributed by atoms with E-state index in [1.807, 2.05) is 0 Å². The highest BCUT2D eigenvalue weighted by atomic mass is 32.2. The second kappa shape index (κ2) is 11.1. The van der Waals surface area contributed by atoms with E-state index in [2.05, 4.69) is 5.32 Å². The van der Waals surface area contributed by atoms with Gasteiger partial charge in [-0.05, 0) is 24.3 Å². The minimum absolute atomic E-state index is 0.0555. The summed E-state index contributed by atoms with van der Waals surface area (Å²) in [5.74, 6) is 1.24. The fourth-order valence-electron chi connectivity index (χ4n) is 3.23. The molecule has 0 fully saturated rings. The van der Waals surface area contributed by atoms with Crippen molar-refractivity contribution in [1.29, 1.82) is 0 Å². The topological polar surface area (TPSA) is 103 Å². The Morgan fingerprint density at radius 2 is 1.41 bits per heavy atom. The summed E-state index contributed by atoms with van der Waals surface area (Å²) in [4.78, 5) is 12.8. The van der Waals surface area contributed by atoms with Gasteiger partial charge in [0, 0.05) is 36.8 Å². The zero-order valence-corrected chi connectivity index (χ0v) is 20.0. The number of hydrogen-bond donors (Lipinski definition) is 1. The maximum absolute atomic E-state index is 13.0. The smallest absolute Gasteiger partial charge is 0.251 e. The third-order valence-corrected chi connectivity index (χ3v) is 7.05. The van der Waals surface area contributed by atoms with Crippen LogP contribution in [-0.2, 0) is 16.6 Å². The zero-order chi connectivity index (χ0) is 23.9. The molecule has 1 N–H and O–H groups in total. The molecule has 0 saturated carbocycles. The lowest BCUT2D eigenvalue weighted by Crippen LogP contribution is -2.31. The van der Waals surface area contributed by atoms with Gasteiger partial charge in [-0.3, -0.25) is 4.79 Å². The molecule has 0 bridgehead atoms. The minimum atomic E-state index is -3.82. The highest BCUT2D eigenvalue weighted by molar-refractivity contribution is 7.89. The Balaban J connectivity index is 2.34. The number of nitrogens with one attached hydrogen (secondary N) is 1. The van der Waals surface area contributed by atoms with Gasteiger partial charge < -0.3 is 24.3 Å². The van der Waals surface area contributed by atoms with Gasteiger partial charge in [-0.25, -0.2) is 8.42 Å². The van der Waals surface area contributed by atoms with Gasteiger partial charge in [0.1, 0.15) is 16.4 Å². The Bertz CT molecular complexity index is 1050. The Morgan fingerprint density at radius 3 is 1.94 bits per heavy atom. The minimum Gasteiger partial charge on any atom is -0.496 e. The Kier molecular flexibility index (Phi) is 8.73. The molecule has 0 spiro atoms. The van der Waals surface area contributed by atoms with E-state index in [0.29, 0.717) is 35.9 Å². The summed E-state index contributed by atoms with van der Waals surface area (Å²) in [6.45, 7) is 4.24. The summed E-state index contributed by atoms with van der Waals surface area (Å²) < 4.78 is 48.5. The number of amides is 1. The molecule has 0 radical (unpaired) electrons. The van der Waals surface area contributed by atoms with E-state index in [1.54, 1.807) is 26.0 Å². The van der Waals surface area contributed by atoms with Crippen LogP contribution in [0.4, 0.5) is 0 Å². The van der Waals surface area contributed by atoms with Gasteiger partial charge in [-0.1, -0.05) is 13.8 Å². The largest absolute Gasteiger partial charge is 0.496 e. The van der Waals surface area contributed by atoms with Crippen molar-refractivity contribution in [2.75, 3.05) is 41.5 Å². The molecule has 0 aliphatic rings. The Labute approximate surface area is 189 Å². The van der Waals surface area contributed by atoms with Gasteiger partial charge in [0.05, 0.1) is 28.4 Å². The molecule has 0 aliphatic heterocycles. The van der Waals surface area contributed by atoms with Crippen LogP contribution < -0.4 is 24.3 Å². The normalized spacial score (nSPS) is 11.2. The van der Waals surface area contributed by atoms with Crippen LogP contribution in [0.1, 0.15) is 29.8 Å². The molecule has 10 heteroatoms. The van der Waals surface area contributed by atoms with Gasteiger partial charge >= 0.3 is 0 Å². The first-order chi connectivity index (χ1) is 15.3. The van der Waals surface area contributed by atoms with Crippen molar-refractivity contribution in [1.82, 2.24) is 9.62 Å². The number of sulfonamides is 1. The van der Waals surface area contributed by atoms with Crippen LogP contribution >= 0.6 is 0 Å². The summed E-state index contributed by atoms with van der Waals surface area (Å²) in [5.41, 5.74) is 0.860. The van der Waals surface area contributed by atoms with E-state index in [0.717, 1.165) is 0 Å². The van der Waals surface area contributed by atoms with Crippen molar-refractivity contribution in [3.63, 3.8) is 0 Å². The van der Waals surface area contributed by atoms with Crippen molar-refractivity contribution < 1.29 is 32.2 Å². The predicted octanol–water partition coefficient (Wildman–Crippen LogP) is 2.68. The van der Waals surface area contributed by atoms with Gasteiger partial charge in [0.2, 0.25) is 10.0 Å². The summed E-state index contributed by atoms with van der Waals surface area (Å²) in [5, 5.41) is 2.79. The highest BCUT2D eigenvalue weighted by Crippen LogP contribution is 2.34. The number of ether oxygens (including phenoxy) is 4. The predicted molar refractivity (Wildman–Crippen MR) is 120 cm³/mol. The first-order valence-electron chi connectivity index (χ1n) is 10.0. The zero-order valence-electron chi connectivity index (χ0n) is 19.2. The molecule has 2 aromatic rings. The third kappa shape index (κ3) is 5.25. The van der Waals surface area contributed by atoms with Gasteiger partial charge in [-0.15, -0.1) is 0 Å². The van der Waals surface area contributed by atoms with E-state index in [4.69, 9.17) is 18.9 Å². The van der Waals surface area contributed by atoms with E-state index in [9.17, 15) is 13.2 Å². The Morgan fingerprint density at radius 1 is 0.844 bits per heavy atom. The van der Waals surface area contributed by atoms with Crippen molar-refractivity contribution in [2.24, 2.45) is 0 Å². The third-order valence-electron chi connectivity index (χ3n) is 4.98. The van der Waals surface area contributed by atoms with E-state index >= 15 is 0 Å². The summed E-state index contributed by atoms with van der Waals surface area (Å²) >= 11 is 0. The molecule has 32 heavy (non-hydrogen) atoms. The molecule has 1 amide bonds.